The number of rotatable bonds is 8. The summed E-state index contributed by atoms with van der Waals surface area (Å²) in [6.45, 7) is 7.72. The summed E-state index contributed by atoms with van der Waals surface area (Å²) >= 11 is 1.76. The Labute approximate surface area is 183 Å². The van der Waals surface area contributed by atoms with Crippen molar-refractivity contribution in [3.05, 3.63) is 57.3 Å². The smallest absolute Gasteiger partial charge is 0.242 e. The third kappa shape index (κ3) is 5.10. The van der Waals surface area contributed by atoms with Gasteiger partial charge in [-0.3, -0.25) is 9.59 Å². The van der Waals surface area contributed by atoms with Gasteiger partial charge in [-0.2, -0.15) is 0 Å². The van der Waals surface area contributed by atoms with Gasteiger partial charge in [0.25, 0.3) is 0 Å². The third-order valence-electron chi connectivity index (χ3n) is 5.59. The number of amides is 2. The van der Waals surface area contributed by atoms with E-state index < -0.39 is 0 Å². The second kappa shape index (κ2) is 10.2. The van der Waals surface area contributed by atoms with E-state index in [1.807, 2.05) is 18.7 Å². The number of fused-ring (bicyclic) bond motifs is 1. The molecule has 0 N–H and O–H groups in total. The van der Waals surface area contributed by atoms with Gasteiger partial charge in [0.2, 0.25) is 11.8 Å². The van der Waals surface area contributed by atoms with Gasteiger partial charge < -0.3 is 14.5 Å². The summed E-state index contributed by atoms with van der Waals surface area (Å²) in [5.41, 5.74) is 3.53. The minimum Gasteiger partial charge on any atom is -0.385 e. The van der Waals surface area contributed by atoms with Crippen LogP contribution in [0.5, 0.6) is 0 Å². The van der Waals surface area contributed by atoms with Gasteiger partial charge in [0.05, 0.1) is 12.6 Å². The molecule has 0 saturated carbocycles. The fraction of sp³-hybridized carbons (Fsp3) is 0.500. The van der Waals surface area contributed by atoms with Crippen molar-refractivity contribution in [1.29, 1.82) is 0 Å². The van der Waals surface area contributed by atoms with Crippen LogP contribution in [0, 0.1) is 12.8 Å². The van der Waals surface area contributed by atoms with E-state index in [2.05, 4.69) is 42.6 Å². The molecule has 0 fully saturated rings. The predicted molar refractivity (Wildman–Crippen MR) is 121 cm³/mol. The molecule has 1 aliphatic heterocycles. The van der Waals surface area contributed by atoms with Crippen LogP contribution in [-0.4, -0.2) is 55.0 Å². The van der Waals surface area contributed by atoms with E-state index in [4.69, 9.17) is 4.74 Å². The number of benzene rings is 1. The lowest BCUT2D eigenvalue weighted by atomic mass is 9.92. The van der Waals surface area contributed by atoms with Crippen LogP contribution in [0.2, 0.25) is 0 Å². The maximum atomic E-state index is 13.5. The zero-order valence-electron chi connectivity index (χ0n) is 18.4. The van der Waals surface area contributed by atoms with Crippen molar-refractivity contribution in [2.75, 3.05) is 33.4 Å². The first-order chi connectivity index (χ1) is 14.4. The molecule has 0 aliphatic carbocycles. The van der Waals surface area contributed by atoms with Crippen LogP contribution in [0.25, 0.3) is 0 Å². The molecule has 2 heterocycles. The highest BCUT2D eigenvalue weighted by molar-refractivity contribution is 7.10. The number of methoxy groups -OCH3 is 1. The molecule has 2 aromatic rings. The summed E-state index contributed by atoms with van der Waals surface area (Å²) in [6, 6.07) is 10.5. The fourth-order valence-corrected chi connectivity index (χ4v) is 4.88. The quantitative estimate of drug-likeness (QED) is 0.596. The molecule has 0 saturated heterocycles. The Morgan fingerprint density at radius 3 is 2.63 bits per heavy atom. The zero-order chi connectivity index (χ0) is 21.7. The largest absolute Gasteiger partial charge is 0.385 e. The average molecular weight is 429 g/mol. The highest BCUT2D eigenvalue weighted by Gasteiger charge is 2.34. The number of carbonyl (C=O) groups is 2. The molecule has 1 aromatic heterocycles. The third-order valence-corrected chi connectivity index (χ3v) is 6.58. The number of aryl methyl sites for hydroxylation is 1. The van der Waals surface area contributed by atoms with Crippen molar-refractivity contribution in [3.8, 4) is 0 Å². The topological polar surface area (TPSA) is 49.9 Å². The van der Waals surface area contributed by atoms with Gasteiger partial charge in [0.15, 0.2) is 0 Å². The summed E-state index contributed by atoms with van der Waals surface area (Å²) in [5, 5.41) is 2.11. The first-order valence-electron chi connectivity index (χ1n) is 10.6. The molecule has 0 spiro atoms. The molecule has 2 amide bonds. The van der Waals surface area contributed by atoms with Crippen LogP contribution in [0.3, 0.4) is 0 Å². The van der Waals surface area contributed by atoms with E-state index in [1.165, 1.54) is 16.0 Å². The predicted octanol–water partition coefficient (Wildman–Crippen LogP) is 4.05. The van der Waals surface area contributed by atoms with Crippen molar-refractivity contribution in [1.82, 2.24) is 9.80 Å². The number of thiophene rings is 1. The van der Waals surface area contributed by atoms with Crippen LogP contribution >= 0.6 is 11.3 Å². The molecule has 5 nitrogen and oxygen atoms in total. The van der Waals surface area contributed by atoms with Gasteiger partial charge in [0.1, 0.15) is 0 Å². The van der Waals surface area contributed by atoms with Crippen molar-refractivity contribution < 1.29 is 14.3 Å². The van der Waals surface area contributed by atoms with Crippen LogP contribution in [-0.2, 0) is 20.7 Å². The lowest BCUT2D eigenvalue weighted by Gasteiger charge is -2.38. The van der Waals surface area contributed by atoms with Crippen molar-refractivity contribution in [2.45, 2.75) is 39.7 Å². The van der Waals surface area contributed by atoms with Gasteiger partial charge in [-0.05, 0) is 42.3 Å². The van der Waals surface area contributed by atoms with Crippen LogP contribution in [0.15, 0.2) is 35.7 Å². The van der Waals surface area contributed by atoms with Crippen LogP contribution in [0.4, 0.5) is 0 Å². The minimum atomic E-state index is -0.141. The highest BCUT2D eigenvalue weighted by atomic mass is 32.1. The van der Waals surface area contributed by atoms with Crippen molar-refractivity contribution in [3.63, 3.8) is 0 Å². The number of nitrogens with zero attached hydrogens (tertiary/aromatic N) is 2. The summed E-state index contributed by atoms with van der Waals surface area (Å²) in [6.07, 6.45) is 1.58. The Morgan fingerprint density at radius 2 is 1.97 bits per heavy atom. The molecule has 1 aliphatic rings. The molecule has 0 bridgehead atoms. The number of ether oxygens (including phenoxy) is 1. The molecule has 0 radical (unpaired) electrons. The highest BCUT2D eigenvalue weighted by Crippen LogP contribution is 2.38. The standard InChI is InChI=1S/C24H32N2O3S/c1-17(2)24(28)25(12-5-14-29-4)16-22(27)26-13-10-21-20(11-15-30-21)23(26)19-8-6-18(3)7-9-19/h6-9,11,15,17,23H,5,10,12-14,16H2,1-4H3. The second-order valence-electron chi connectivity index (χ2n) is 8.21. The van der Waals surface area contributed by atoms with Crippen molar-refractivity contribution >= 4 is 23.2 Å². The molecule has 3 rings (SSSR count). The summed E-state index contributed by atoms with van der Waals surface area (Å²) in [4.78, 5) is 31.2. The van der Waals surface area contributed by atoms with Gasteiger partial charge in [0, 0.05) is 37.6 Å². The van der Waals surface area contributed by atoms with Crippen LogP contribution in [0.1, 0.15) is 47.9 Å². The maximum Gasteiger partial charge on any atom is 0.242 e. The fourth-order valence-electron chi connectivity index (χ4n) is 3.98. The summed E-state index contributed by atoms with van der Waals surface area (Å²) in [7, 11) is 1.65. The molecule has 1 atom stereocenters. The Kier molecular flexibility index (Phi) is 7.67. The van der Waals surface area contributed by atoms with E-state index in [1.54, 1.807) is 23.3 Å². The second-order valence-corrected chi connectivity index (χ2v) is 9.21. The zero-order valence-corrected chi connectivity index (χ0v) is 19.2. The lowest BCUT2D eigenvalue weighted by molar-refractivity contribution is -0.143. The summed E-state index contributed by atoms with van der Waals surface area (Å²) in [5.74, 6) is -0.124. The average Bonchev–Trinajstić information content (AvgIpc) is 3.21. The first-order valence-corrected chi connectivity index (χ1v) is 11.5. The van der Waals surface area contributed by atoms with Gasteiger partial charge in [-0.1, -0.05) is 43.7 Å². The lowest BCUT2D eigenvalue weighted by Crippen LogP contribution is -2.47. The number of carbonyl (C=O) groups excluding carboxylic acids is 2. The van der Waals surface area contributed by atoms with Gasteiger partial charge in [-0.25, -0.2) is 0 Å². The molecule has 162 valence electrons. The van der Waals surface area contributed by atoms with E-state index in [0.29, 0.717) is 19.7 Å². The van der Waals surface area contributed by atoms with Gasteiger partial charge in [-0.15, -0.1) is 11.3 Å². The molecular formula is C24H32N2O3S. The molecule has 30 heavy (non-hydrogen) atoms. The Balaban J connectivity index is 1.84. The van der Waals surface area contributed by atoms with E-state index in [-0.39, 0.29) is 30.3 Å². The first kappa shape index (κ1) is 22.5. The number of hydrogen-bond donors (Lipinski definition) is 0. The minimum absolute atomic E-state index is 0.00356. The molecular weight excluding hydrogens is 396 g/mol. The van der Waals surface area contributed by atoms with E-state index in [0.717, 1.165) is 18.4 Å². The Bertz CT molecular complexity index is 860. The molecule has 1 aromatic carbocycles. The van der Waals surface area contributed by atoms with E-state index in [9.17, 15) is 9.59 Å². The Hall–Kier alpha value is -2.18. The Morgan fingerprint density at radius 1 is 1.23 bits per heavy atom. The molecule has 1 unspecified atom stereocenters. The monoisotopic (exact) mass is 428 g/mol. The molecule has 6 heteroatoms. The summed E-state index contributed by atoms with van der Waals surface area (Å²) < 4.78 is 5.14. The van der Waals surface area contributed by atoms with Crippen LogP contribution < -0.4 is 0 Å². The normalized spacial score (nSPS) is 15.9. The van der Waals surface area contributed by atoms with Crippen molar-refractivity contribution in [2.24, 2.45) is 5.92 Å². The number of hydrogen-bond acceptors (Lipinski definition) is 4. The van der Waals surface area contributed by atoms with Gasteiger partial charge >= 0.3 is 0 Å². The SMILES string of the molecule is COCCCN(CC(=O)N1CCc2sccc2C1c1ccc(C)cc1)C(=O)C(C)C. The van der Waals surface area contributed by atoms with E-state index >= 15 is 0 Å². The maximum absolute atomic E-state index is 13.5.